The maximum absolute atomic E-state index is 3.78. The highest BCUT2D eigenvalue weighted by molar-refractivity contribution is 5.93. The van der Waals surface area contributed by atoms with Crippen LogP contribution in [0.25, 0.3) is 17.7 Å². The van der Waals surface area contributed by atoms with Gasteiger partial charge in [0.25, 0.3) is 0 Å². The first-order chi connectivity index (χ1) is 26.8. The van der Waals surface area contributed by atoms with Crippen LogP contribution < -0.4 is 4.90 Å². The van der Waals surface area contributed by atoms with E-state index < -0.39 is 0 Å². The molecule has 278 valence electrons. The summed E-state index contributed by atoms with van der Waals surface area (Å²) < 4.78 is 0. The Labute approximate surface area is 331 Å². The molecule has 0 atom stereocenters. The Morgan fingerprint density at radius 1 is 0.545 bits per heavy atom. The van der Waals surface area contributed by atoms with Crippen LogP contribution in [0.15, 0.2) is 165 Å². The van der Waals surface area contributed by atoms with Gasteiger partial charge < -0.3 is 4.90 Å². The predicted octanol–water partition coefficient (Wildman–Crippen LogP) is 15.0. The van der Waals surface area contributed by atoms with Gasteiger partial charge in [0, 0.05) is 5.69 Å². The predicted molar refractivity (Wildman–Crippen MR) is 243 cm³/mol. The highest BCUT2D eigenvalue weighted by Crippen LogP contribution is 2.43. The van der Waals surface area contributed by atoms with E-state index in [9.17, 15) is 0 Å². The summed E-state index contributed by atoms with van der Waals surface area (Å²) >= 11 is 0. The summed E-state index contributed by atoms with van der Waals surface area (Å²) in [5, 5.41) is 0. The van der Waals surface area contributed by atoms with E-state index in [1.54, 1.807) is 6.08 Å². The Balaban J connectivity index is 0.000000305. The van der Waals surface area contributed by atoms with Gasteiger partial charge in [-0.25, -0.2) is 0 Å². The summed E-state index contributed by atoms with van der Waals surface area (Å²) in [6.45, 7) is 19.9. The van der Waals surface area contributed by atoms with E-state index in [-0.39, 0.29) is 0 Å². The Kier molecular flexibility index (Phi) is 14.6. The van der Waals surface area contributed by atoms with Crippen molar-refractivity contribution >= 4 is 34.8 Å². The molecule has 0 radical (unpaired) electrons. The SMILES string of the molecule is C=C/C(=C\C)c1ccc(CC)cc1.C=CC.Cc1ccccc1CCc1cc(Cc2ccc3c(c2)C=Cc2ccccc2N3c2ccccc2C)ccc1C. The number of benzene rings is 6. The third-order valence-corrected chi connectivity index (χ3v) is 10.3. The van der Waals surface area contributed by atoms with Gasteiger partial charge in [0.2, 0.25) is 0 Å². The molecule has 6 aromatic carbocycles. The van der Waals surface area contributed by atoms with E-state index in [2.05, 4.69) is 197 Å². The average Bonchev–Trinajstić information content (AvgIpc) is 3.37. The molecule has 0 unspecified atom stereocenters. The van der Waals surface area contributed by atoms with Crippen LogP contribution in [-0.2, 0) is 25.7 Å². The van der Waals surface area contributed by atoms with E-state index >= 15 is 0 Å². The van der Waals surface area contributed by atoms with Crippen molar-refractivity contribution in [3.05, 3.63) is 226 Å². The number of aryl methyl sites for hydroxylation is 6. The van der Waals surface area contributed by atoms with E-state index in [4.69, 9.17) is 0 Å². The van der Waals surface area contributed by atoms with Gasteiger partial charge in [0.15, 0.2) is 0 Å². The molecule has 0 aliphatic carbocycles. The molecule has 7 rings (SSSR count). The Hall–Kier alpha value is -5.92. The Morgan fingerprint density at radius 2 is 1.09 bits per heavy atom. The maximum Gasteiger partial charge on any atom is 0.0534 e. The first-order valence-electron chi connectivity index (χ1n) is 19.6. The molecule has 6 aromatic rings. The zero-order chi connectivity index (χ0) is 39.2. The molecule has 1 aliphatic rings. The van der Waals surface area contributed by atoms with E-state index in [0.717, 1.165) is 25.7 Å². The Bertz CT molecular complexity index is 2260. The number of allylic oxidation sites excluding steroid dienone is 4. The maximum atomic E-state index is 3.78. The molecule has 0 saturated heterocycles. The van der Waals surface area contributed by atoms with Gasteiger partial charge in [0.1, 0.15) is 0 Å². The molecule has 0 aromatic heterocycles. The topological polar surface area (TPSA) is 3.24 Å². The van der Waals surface area contributed by atoms with E-state index in [1.165, 1.54) is 83.8 Å². The van der Waals surface area contributed by atoms with Gasteiger partial charge in [-0.05, 0) is 151 Å². The van der Waals surface area contributed by atoms with Crippen LogP contribution >= 0.6 is 0 Å². The summed E-state index contributed by atoms with van der Waals surface area (Å²) in [6.07, 6.45) is 14.4. The fraction of sp³-hybridized carbons (Fsp3) is 0.185. The molecule has 1 heterocycles. The highest BCUT2D eigenvalue weighted by atomic mass is 15.1. The van der Waals surface area contributed by atoms with E-state index in [0.29, 0.717) is 0 Å². The average molecular weight is 720 g/mol. The van der Waals surface area contributed by atoms with Crippen molar-refractivity contribution in [2.24, 2.45) is 0 Å². The smallest absolute Gasteiger partial charge is 0.0534 e. The summed E-state index contributed by atoms with van der Waals surface area (Å²) in [7, 11) is 0. The first kappa shape index (κ1) is 40.3. The third kappa shape index (κ3) is 10.4. The van der Waals surface area contributed by atoms with Crippen LogP contribution in [0.2, 0.25) is 0 Å². The molecular formula is C54H57N. The van der Waals surface area contributed by atoms with Crippen LogP contribution in [0.4, 0.5) is 17.1 Å². The molecule has 1 nitrogen and oxygen atoms in total. The van der Waals surface area contributed by atoms with Gasteiger partial charge >= 0.3 is 0 Å². The summed E-state index contributed by atoms with van der Waals surface area (Å²) in [5.74, 6) is 0. The minimum atomic E-state index is 0.927. The van der Waals surface area contributed by atoms with Crippen LogP contribution in [0.5, 0.6) is 0 Å². The fourth-order valence-electron chi connectivity index (χ4n) is 7.10. The molecule has 0 fully saturated rings. The molecule has 0 bridgehead atoms. The van der Waals surface area contributed by atoms with Gasteiger partial charge in [-0.1, -0.05) is 153 Å². The quantitative estimate of drug-likeness (QED) is 0.106. The first-order valence-corrected chi connectivity index (χ1v) is 19.6. The number of para-hydroxylation sites is 2. The van der Waals surface area contributed by atoms with Gasteiger partial charge in [-0.15, -0.1) is 6.58 Å². The lowest BCUT2D eigenvalue weighted by Crippen LogP contribution is -2.13. The lowest BCUT2D eigenvalue weighted by Gasteiger charge is -2.28. The lowest BCUT2D eigenvalue weighted by atomic mass is 9.94. The van der Waals surface area contributed by atoms with Crippen molar-refractivity contribution in [3.63, 3.8) is 0 Å². The fourth-order valence-corrected chi connectivity index (χ4v) is 7.10. The number of fused-ring (bicyclic) bond motifs is 2. The summed E-state index contributed by atoms with van der Waals surface area (Å²) in [4.78, 5) is 2.42. The molecule has 0 N–H and O–H groups in total. The minimum absolute atomic E-state index is 0.927. The summed E-state index contributed by atoms with van der Waals surface area (Å²) in [5.41, 5.74) is 19.6. The zero-order valence-corrected chi connectivity index (χ0v) is 33.8. The van der Waals surface area contributed by atoms with Crippen LogP contribution in [0.1, 0.15) is 82.0 Å². The zero-order valence-electron chi connectivity index (χ0n) is 33.8. The second kappa shape index (κ2) is 20.0. The number of rotatable bonds is 9. The minimum Gasteiger partial charge on any atom is -0.309 e. The normalized spacial score (nSPS) is 11.5. The van der Waals surface area contributed by atoms with Gasteiger partial charge in [-0.2, -0.15) is 0 Å². The highest BCUT2D eigenvalue weighted by Gasteiger charge is 2.21. The molecule has 1 aliphatic heterocycles. The molecular weight excluding hydrogens is 663 g/mol. The number of anilines is 3. The largest absolute Gasteiger partial charge is 0.309 e. The second-order valence-electron chi connectivity index (χ2n) is 14.2. The monoisotopic (exact) mass is 719 g/mol. The van der Waals surface area contributed by atoms with Crippen LogP contribution in [0.3, 0.4) is 0 Å². The molecule has 0 amide bonds. The van der Waals surface area contributed by atoms with Crippen molar-refractivity contribution < 1.29 is 0 Å². The molecule has 1 heteroatoms. The van der Waals surface area contributed by atoms with Gasteiger partial charge in [-0.3, -0.25) is 0 Å². The van der Waals surface area contributed by atoms with Crippen molar-refractivity contribution in [2.45, 2.75) is 67.2 Å². The van der Waals surface area contributed by atoms with Crippen LogP contribution in [-0.4, -0.2) is 0 Å². The second-order valence-corrected chi connectivity index (χ2v) is 14.2. The standard InChI is InChI=1S/C38H35N.C13H16.C3H6/c1-27-10-4-6-12-32(27)19-21-34-25-30(17-16-28(34)2)24-31-18-23-38-35(26-31)22-20-33-13-7-9-15-37(33)39(38)36-14-8-5-11-29(36)3;1-4-11-7-9-13(10-8-11)12(5-2)6-3;1-3-2/h4-18,20,22-23,25-26H,19,21,24H2,1-3H3;5-10H,2,4H2,1,3H3;3H,1H2,2H3/b;12-6+;. The lowest BCUT2D eigenvalue weighted by molar-refractivity contribution is 0.934. The van der Waals surface area contributed by atoms with Crippen molar-refractivity contribution in [3.8, 4) is 0 Å². The van der Waals surface area contributed by atoms with Crippen LogP contribution in [0, 0.1) is 20.8 Å². The van der Waals surface area contributed by atoms with E-state index in [1.807, 2.05) is 19.9 Å². The Morgan fingerprint density at radius 3 is 1.76 bits per heavy atom. The number of hydrogen-bond donors (Lipinski definition) is 0. The van der Waals surface area contributed by atoms with Crippen molar-refractivity contribution in [1.82, 2.24) is 0 Å². The van der Waals surface area contributed by atoms with Crippen molar-refractivity contribution in [2.75, 3.05) is 4.90 Å². The van der Waals surface area contributed by atoms with Crippen molar-refractivity contribution in [1.29, 1.82) is 0 Å². The van der Waals surface area contributed by atoms with Gasteiger partial charge in [0.05, 0.1) is 11.4 Å². The molecule has 0 spiro atoms. The molecule has 55 heavy (non-hydrogen) atoms. The number of hydrogen-bond acceptors (Lipinski definition) is 1. The third-order valence-electron chi connectivity index (χ3n) is 10.3. The summed E-state index contributed by atoms with van der Waals surface area (Å²) in [6, 6.07) is 48.7. The number of nitrogens with zero attached hydrogens (tertiary/aromatic N) is 1. The molecule has 0 saturated carbocycles.